The van der Waals surface area contributed by atoms with Gasteiger partial charge in [-0.1, -0.05) is 18.2 Å². The third-order valence-corrected chi connectivity index (χ3v) is 4.19. The topological polar surface area (TPSA) is 59.4 Å². The maximum Gasteiger partial charge on any atom is 0.307 e. The smallest absolute Gasteiger partial charge is 0.307 e. The first-order valence-corrected chi connectivity index (χ1v) is 8.42. The fraction of sp³-hybridized carbons (Fsp3) is 0.444. The van der Waals surface area contributed by atoms with Crippen LogP contribution in [0.3, 0.4) is 0 Å². The normalized spacial score (nSPS) is 14.2. The summed E-state index contributed by atoms with van der Waals surface area (Å²) in [5.41, 5.74) is 3.45. The van der Waals surface area contributed by atoms with Crippen molar-refractivity contribution in [2.45, 2.75) is 32.9 Å². The Balaban J connectivity index is 1.82. The lowest BCUT2D eigenvalue weighted by Crippen LogP contribution is -2.27. The molecule has 0 radical (unpaired) electrons. The van der Waals surface area contributed by atoms with E-state index in [1.54, 1.807) is 0 Å². The van der Waals surface area contributed by atoms with Gasteiger partial charge in [-0.05, 0) is 26.1 Å². The number of nitrogens with zero attached hydrogens (tertiary/aromatic N) is 3. The fourth-order valence-corrected chi connectivity index (χ4v) is 3.00. The van der Waals surface area contributed by atoms with Crippen molar-refractivity contribution in [1.82, 2.24) is 14.7 Å². The van der Waals surface area contributed by atoms with Crippen molar-refractivity contribution in [3.63, 3.8) is 0 Å². The van der Waals surface area contributed by atoms with Crippen LogP contribution in [-0.4, -0.2) is 40.8 Å². The number of ether oxygens (including phenoxy) is 1. The first-order valence-electron chi connectivity index (χ1n) is 8.42. The van der Waals surface area contributed by atoms with Gasteiger partial charge in [-0.3, -0.25) is 9.48 Å². The second-order valence-corrected chi connectivity index (χ2v) is 6.03. The van der Waals surface area contributed by atoms with Crippen LogP contribution in [0.5, 0.6) is 0 Å². The van der Waals surface area contributed by atoms with Gasteiger partial charge in [-0.25, -0.2) is 0 Å². The highest BCUT2D eigenvalue weighted by Gasteiger charge is 2.23. The number of rotatable bonds is 6. The summed E-state index contributed by atoms with van der Waals surface area (Å²) in [6.07, 6.45) is 1.29. The monoisotopic (exact) mass is 328 g/mol. The first-order chi connectivity index (χ1) is 11.7. The number of para-hydroxylation sites is 1. The maximum absolute atomic E-state index is 11.6. The predicted molar refractivity (Wildman–Crippen MR) is 93.2 cm³/mol. The Bertz CT molecular complexity index is 697. The van der Waals surface area contributed by atoms with Gasteiger partial charge < -0.3 is 15.0 Å². The number of anilines is 2. The molecular formula is C18H24N4O2. The molecule has 0 saturated heterocycles. The summed E-state index contributed by atoms with van der Waals surface area (Å²) in [5.74, 6) is 0.707. The van der Waals surface area contributed by atoms with Crippen LogP contribution >= 0.6 is 0 Å². The molecule has 1 aromatic heterocycles. The molecule has 0 atom stereocenters. The molecule has 1 N–H and O–H groups in total. The van der Waals surface area contributed by atoms with Gasteiger partial charge in [-0.2, -0.15) is 5.10 Å². The van der Waals surface area contributed by atoms with Crippen LogP contribution in [0.2, 0.25) is 0 Å². The Morgan fingerprint density at radius 3 is 2.88 bits per heavy atom. The van der Waals surface area contributed by atoms with Gasteiger partial charge in [0.15, 0.2) is 5.82 Å². The highest BCUT2D eigenvalue weighted by atomic mass is 16.5. The zero-order valence-corrected chi connectivity index (χ0v) is 14.3. The van der Waals surface area contributed by atoms with Gasteiger partial charge >= 0.3 is 5.97 Å². The van der Waals surface area contributed by atoms with Crippen LogP contribution < -0.4 is 5.32 Å². The molecular weight excluding hydrogens is 304 g/mol. The lowest BCUT2D eigenvalue weighted by Gasteiger charge is -2.23. The Morgan fingerprint density at radius 2 is 2.12 bits per heavy atom. The van der Waals surface area contributed by atoms with Gasteiger partial charge in [0.2, 0.25) is 0 Å². The number of aryl methyl sites for hydroxylation is 1. The molecule has 24 heavy (non-hydrogen) atoms. The number of carbonyl (C=O) groups is 1. The highest BCUT2D eigenvalue weighted by molar-refractivity contribution is 5.69. The van der Waals surface area contributed by atoms with E-state index in [2.05, 4.69) is 17.3 Å². The van der Waals surface area contributed by atoms with Gasteiger partial charge in [0, 0.05) is 36.5 Å². The molecule has 0 unspecified atom stereocenters. The molecule has 0 saturated carbocycles. The van der Waals surface area contributed by atoms with Gasteiger partial charge in [0.1, 0.15) is 0 Å². The lowest BCUT2D eigenvalue weighted by atomic mass is 10.1. The van der Waals surface area contributed by atoms with E-state index < -0.39 is 0 Å². The van der Waals surface area contributed by atoms with E-state index in [4.69, 9.17) is 9.84 Å². The van der Waals surface area contributed by atoms with Crippen LogP contribution in [-0.2, 0) is 29.0 Å². The molecule has 6 heteroatoms. The highest BCUT2D eigenvalue weighted by Crippen LogP contribution is 2.28. The van der Waals surface area contributed by atoms with Crippen LogP contribution in [0.4, 0.5) is 11.5 Å². The lowest BCUT2D eigenvalue weighted by molar-refractivity contribution is -0.143. The van der Waals surface area contributed by atoms with Gasteiger partial charge in [-0.15, -0.1) is 0 Å². The molecule has 3 rings (SSSR count). The summed E-state index contributed by atoms with van der Waals surface area (Å²) in [5, 5.41) is 8.14. The molecule has 2 heterocycles. The van der Waals surface area contributed by atoms with Crippen molar-refractivity contribution in [2.75, 3.05) is 25.5 Å². The number of carbonyl (C=O) groups excluding carboxylic acids is 1. The van der Waals surface area contributed by atoms with E-state index >= 15 is 0 Å². The largest absolute Gasteiger partial charge is 0.466 e. The zero-order chi connectivity index (χ0) is 16.9. The number of likely N-dealkylation sites (N-methyl/N-ethyl adjacent to an activating group) is 1. The van der Waals surface area contributed by atoms with Crippen molar-refractivity contribution in [1.29, 1.82) is 0 Å². The summed E-state index contributed by atoms with van der Waals surface area (Å²) in [4.78, 5) is 13.9. The average Bonchev–Trinajstić information content (AvgIpc) is 2.91. The minimum Gasteiger partial charge on any atom is -0.466 e. The number of hydrogen-bond acceptors (Lipinski definition) is 5. The van der Waals surface area contributed by atoms with Gasteiger partial charge in [0.05, 0.1) is 19.6 Å². The number of aromatic nitrogens is 2. The van der Waals surface area contributed by atoms with Crippen molar-refractivity contribution in [2.24, 2.45) is 0 Å². The van der Waals surface area contributed by atoms with Crippen LogP contribution in [0.15, 0.2) is 30.3 Å². The van der Waals surface area contributed by atoms with Crippen LogP contribution in [0.25, 0.3) is 0 Å². The third-order valence-electron chi connectivity index (χ3n) is 4.19. The minimum atomic E-state index is -0.174. The van der Waals surface area contributed by atoms with Crippen molar-refractivity contribution in [3.05, 3.63) is 41.6 Å². The number of nitrogens with one attached hydrogen (secondary N) is 1. The molecule has 2 aromatic rings. The second-order valence-electron chi connectivity index (χ2n) is 6.03. The predicted octanol–water partition coefficient (Wildman–Crippen LogP) is 2.57. The molecule has 0 amide bonds. The molecule has 0 fully saturated rings. The zero-order valence-electron chi connectivity index (χ0n) is 14.3. The molecule has 128 valence electrons. The van der Waals surface area contributed by atoms with Crippen molar-refractivity contribution in [3.8, 4) is 0 Å². The van der Waals surface area contributed by atoms with Crippen molar-refractivity contribution >= 4 is 17.5 Å². The van der Waals surface area contributed by atoms with Gasteiger partial charge in [0.25, 0.3) is 0 Å². The van der Waals surface area contributed by atoms with Crippen LogP contribution in [0.1, 0.15) is 24.6 Å². The van der Waals surface area contributed by atoms with E-state index in [-0.39, 0.29) is 5.97 Å². The summed E-state index contributed by atoms with van der Waals surface area (Å²) >= 11 is 0. The average molecular weight is 328 g/mol. The first kappa shape index (κ1) is 16.5. The Kier molecular flexibility index (Phi) is 5.15. The number of hydrogen-bond donors (Lipinski definition) is 1. The second kappa shape index (κ2) is 7.49. The standard InChI is InChI=1S/C18H24N4O2/c1-3-24-17(23)10-12-22-16-9-11-21(2)13-15(16)18(20-22)19-14-7-5-4-6-8-14/h4-8H,3,9-13H2,1-2H3,(H,19,20). The Morgan fingerprint density at radius 1 is 1.33 bits per heavy atom. The van der Waals surface area contributed by atoms with E-state index in [1.165, 1.54) is 11.3 Å². The summed E-state index contributed by atoms with van der Waals surface area (Å²) in [7, 11) is 2.12. The number of fused-ring (bicyclic) bond motifs is 1. The molecule has 0 aliphatic carbocycles. The molecule has 1 aliphatic heterocycles. The maximum atomic E-state index is 11.6. The van der Waals surface area contributed by atoms with E-state index in [0.29, 0.717) is 19.6 Å². The Labute approximate surface area is 142 Å². The Hall–Kier alpha value is -2.34. The number of benzene rings is 1. The van der Waals surface area contributed by atoms with Crippen LogP contribution in [0, 0.1) is 0 Å². The molecule has 1 aliphatic rings. The van der Waals surface area contributed by atoms with Crippen molar-refractivity contribution < 1.29 is 9.53 Å². The molecule has 0 spiro atoms. The quantitative estimate of drug-likeness (QED) is 0.826. The molecule has 6 nitrogen and oxygen atoms in total. The molecule has 0 bridgehead atoms. The minimum absolute atomic E-state index is 0.174. The third kappa shape index (κ3) is 3.76. The number of esters is 1. The molecule has 1 aromatic carbocycles. The fourth-order valence-electron chi connectivity index (χ4n) is 3.00. The summed E-state index contributed by atoms with van der Waals surface area (Å²) < 4.78 is 6.99. The summed E-state index contributed by atoms with van der Waals surface area (Å²) in [6, 6.07) is 10.0. The van der Waals surface area contributed by atoms with E-state index in [9.17, 15) is 4.79 Å². The van der Waals surface area contributed by atoms with E-state index in [0.717, 1.165) is 31.0 Å². The summed E-state index contributed by atoms with van der Waals surface area (Å²) in [6.45, 7) is 4.67. The van der Waals surface area contributed by atoms with E-state index in [1.807, 2.05) is 41.9 Å². The SMILES string of the molecule is CCOC(=O)CCn1nc(Nc2ccccc2)c2c1CCN(C)C2.